The molecule has 3 aromatic rings. The third kappa shape index (κ3) is 3.63. The second-order valence-electron chi connectivity index (χ2n) is 6.19. The smallest absolute Gasteiger partial charge is 0.244 e. The molecule has 0 radical (unpaired) electrons. The van der Waals surface area contributed by atoms with Gasteiger partial charge < -0.3 is 13.8 Å². The minimum absolute atomic E-state index is 0.0482. The van der Waals surface area contributed by atoms with Crippen LogP contribution in [0.15, 0.2) is 33.4 Å². The van der Waals surface area contributed by atoms with Gasteiger partial charge in [0.1, 0.15) is 12.3 Å². The van der Waals surface area contributed by atoms with E-state index in [1.807, 2.05) is 18.2 Å². The van der Waals surface area contributed by atoms with Crippen LogP contribution >= 0.6 is 0 Å². The number of rotatable bonds is 6. The van der Waals surface area contributed by atoms with Crippen molar-refractivity contribution in [1.29, 1.82) is 0 Å². The van der Waals surface area contributed by atoms with E-state index in [9.17, 15) is 0 Å². The first-order chi connectivity index (χ1) is 12.8. The van der Waals surface area contributed by atoms with Crippen LogP contribution in [0.2, 0.25) is 0 Å². The number of methoxy groups -OCH3 is 1. The largest absolute Gasteiger partial charge is 0.377 e. The fraction of sp³-hybridized carbons (Fsp3) is 0.471. The summed E-state index contributed by atoms with van der Waals surface area (Å²) in [5.41, 5.74) is 0.693. The highest BCUT2D eigenvalue weighted by Gasteiger charge is 2.30. The summed E-state index contributed by atoms with van der Waals surface area (Å²) in [6.07, 6.45) is 4.89. The van der Waals surface area contributed by atoms with Crippen molar-refractivity contribution in [3.05, 3.63) is 42.0 Å². The lowest BCUT2D eigenvalue weighted by atomic mass is 10.0. The van der Waals surface area contributed by atoms with Gasteiger partial charge in [0.25, 0.3) is 0 Å². The van der Waals surface area contributed by atoms with Crippen molar-refractivity contribution in [2.45, 2.75) is 38.5 Å². The number of aromatic nitrogens is 5. The zero-order valence-corrected chi connectivity index (χ0v) is 14.5. The van der Waals surface area contributed by atoms with Crippen LogP contribution in [0.3, 0.4) is 0 Å². The molecule has 1 aliphatic heterocycles. The van der Waals surface area contributed by atoms with Gasteiger partial charge in [0.05, 0.1) is 12.6 Å². The van der Waals surface area contributed by atoms with Gasteiger partial charge in [-0.25, -0.2) is 0 Å². The highest BCUT2D eigenvalue weighted by molar-refractivity contribution is 5.46. The molecule has 1 aliphatic rings. The van der Waals surface area contributed by atoms with Gasteiger partial charge in [0.15, 0.2) is 5.82 Å². The van der Waals surface area contributed by atoms with Gasteiger partial charge in [0.2, 0.25) is 17.6 Å². The molecule has 0 saturated carbocycles. The molecule has 0 bridgehead atoms. The van der Waals surface area contributed by atoms with Gasteiger partial charge in [-0.1, -0.05) is 22.8 Å². The zero-order valence-electron chi connectivity index (χ0n) is 14.5. The second kappa shape index (κ2) is 7.71. The Bertz CT molecular complexity index is 834. The molecule has 9 nitrogen and oxygen atoms in total. The molecular weight excluding hydrogens is 336 g/mol. The Morgan fingerprint density at radius 3 is 3.00 bits per heavy atom. The SMILES string of the molecule is COCc1noc([C@H]2CCCCN2Cc2nc(-c3ccccn3)no2)n1. The molecular formula is C17H20N6O3. The van der Waals surface area contributed by atoms with Crippen molar-refractivity contribution in [2.24, 2.45) is 0 Å². The number of nitrogens with zero attached hydrogens (tertiary/aromatic N) is 6. The lowest BCUT2D eigenvalue weighted by molar-refractivity contribution is 0.0985. The zero-order chi connectivity index (χ0) is 17.8. The maximum Gasteiger partial charge on any atom is 0.244 e. The number of hydrogen-bond acceptors (Lipinski definition) is 9. The van der Waals surface area contributed by atoms with Crippen molar-refractivity contribution in [2.75, 3.05) is 13.7 Å². The van der Waals surface area contributed by atoms with E-state index in [-0.39, 0.29) is 6.04 Å². The highest BCUT2D eigenvalue weighted by atomic mass is 16.5. The van der Waals surface area contributed by atoms with Crippen LogP contribution in [0.4, 0.5) is 0 Å². The number of likely N-dealkylation sites (tertiary alicyclic amines) is 1. The van der Waals surface area contributed by atoms with Gasteiger partial charge in [0, 0.05) is 13.3 Å². The third-order valence-corrected chi connectivity index (χ3v) is 4.36. The fourth-order valence-corrected chi connectivity index (χ4v) is 3.14. The molecule has 1 fully saturated rings. The first-order valence-corrected chi connectivity index (χ1v) is 8.63. The lowest BCUT2D eigenvalue weighted by Crippen LogP contribution is -2.33. The predicted octanol–water partition coefficient (Wildman–Crippen LogP) is 2.39. The van der Waals surface area contributed by atoms with Crippen LogP contribution in [0.25, 0.3) is 11.5 Å². The lowest BCUT2D eigenvalue weighted by Gasteiger charge is -2.31. The summed E-state index contributed by atoms with van der Waals surface area (Å²) in [7, 11) is 1.61. The van der Waals surface area contributed by atoms with Crippen molar-refractivity contribution >= 4 is 0 Å². The van der Waals surface area contributed by atoms with Crippen LogP contribution in [0.1, 0.15) is 42.9 Å². The molecule has 0 amide bonds. The van der Waals surface area contributed by atoms with Gasteiger partial charge >= 0.3 is 0 Å². The average molecular weight is 356 g/mol. The Labute approximate surface area is 150 Å². The van der Waals surface area contributed by atoms with Gasteiger partial charge in [-0.05, 0) is 31.5 Å². The molecule has 4 rings (SSSR count). The standard InChI is InChI=1S/C17H20N6O3/c1-24-11-14-19-17(26-21-14)13-7-3-5-9-23(13)10-15-20-16(22-25-15)12-6-2-4-8-18-12/h2,4,6,8,13H,3,5,7,9-11H2,1H3/t13-/m1/s1. The first-order valence-electron chi connectivity index (χ1n) is 8.63. The molecule has 0 N–H and O–H groups in total. The average Bonchev–Trinajstić information content (AvgIpc) is 3.33. The van der Waals surface area contributed by atoms with Crippen LogP contribution in [0, 0.1) is 0 Å². The molecule has 3 aromatic heterocycles. The Morgan fingerprint density at radius 1 is 1.19 bits per heavy atom. The molecule has 136 valence electrons. The summed E-state index contributed by atoms with van der Waals surface area (Å²) >= 11 is 0. The van der Waals surface area contributed by atoms with Crippen molar-refractivity contribution in [3.8, 4) is 11.5 Å². The minimum Gasteiger partial charge on any atom is -0.377 e. The normalized spacial score (nSPS) is 18.3. The molecule has 4 heterocycles. The van der Waals surface area contributed by atoms with Crippen molar-refractivity contribution < 1.29 is 13.8 Å². The van der Waals surface area contributed by atoms with Crippen molar-refractivity contribution in [3.63, 3.8) is 0 Å². The van der Waals surface area contributed by atoms with E-state index in [0.717, 1.165) is 25.8 Å². The van der Waals surface area contributed by atoms with E-state index in [2.05, 4.69) is 30.2 Å². The van der Waals surface area contributed by atoms with E-state index in [1.54, 1.807) is 13.3 Å². The van der Waals surface area contributed by atoms with E-state index in [4.69, 9.17) is 13.8 Å². The van der Waals surface area contributed by atoms with Crippen LogP contribution in [0.5, 0.6) is 0 Å². The number of ether oxygens (including phenoxy) is 1. The molecule has 26 heavy (non-hydrogen) atoms. The Morgan fingerprint density at radius 2 is 2.15 bits per heavy atom. The van der Waals surface area contributed by atoms with E-state index >= 15 is 0 Å². The minimum atomic E-state index is 0.0482. The Kier molecular flexibility index (Phi) is 4.98. The monoisotopic (exact) mass is 356 g/mol. The number of piperidine rings is 1. The first kappa shape index (κ1) is 16.8. The van der Waals surface area contributed by atoms with Crippen LogP contribution in [-0.4, -0.2) is 43.8 Å². The molecule has 1 saturated heterocycles. The predicted molar refractivity (Wildman–Crippen MR) is 89.5 cm³/mol. The molecule has 1 atom stereocenters. The highest BCUT2D eigenvalue weighted by Crippen LogP contribution is 2.31. The van der Waals surface area contributed by atoms with E-state index < -0.39 is 0 Å². The van der Waals surface area contributed by atoms with Crippen molar-refractivity contribution in [1.82, 2.24) is 30.2 Å². The maximum absolute atomic E-state index is 5.44. The van der Waals surface area contributed by atoms with Gasteiger partial charge in [-0.2, -0.15) is 9.97 Å². The summed E-state index contributed by atoms with van der Waals surface area (Å²) in [6.45, 7) is 1.79. The summed E-state index contributed by atoms with van der Waals surface area (Å²) in [4.78, 5) is 15.4. The fourth-order valence-electron chi connectivity index (χ4n) is 3.14. The number of hydrogen-bond donors (Lipinski definition) is 0. The van der Waals surface area contributed by atoms with Crippen LogP contribution < -0.4 is 0 Å². The maximum atomic E-state index is 5.44. The molecule has 9 heteroatoms. The topological polar surface area (TPSA) is 103 Å². The molecule has 0 unspecified atom stereocenters. The van der Waals surface area contributed by atoms with Gasteiger partial charge in [-0.3, -0.25) is 9.88 Å². The molecule has 0 aromatic carbocycles. The summed E-state index contributed by atoms with van der Waals surface area (Å²) in [5, 5.41) is 8.00. The van der Waals surface area contributed by atoms with Gasteiger partial charge in [-0.15, -0.1) is 0 Å². The summed E-state index contributed by atoms with van der Waals surface area (Å²) in [5.74, 6) is 2.22. The van der Waals surface area contributed by atoms with Crippen LogP contribution in [-0.2, 0) is 17.9 Å². The van der Waals surface area contributed by atoms with E-state index in [1.165, 1.54) is 0 Å². The summed E-state index contributed by atoms with van der Waals surface area (Å²) in [6, 6.07) is 5.65. The Hall–Kier alpha value is -2.65. The molecule has 0 aliphatic carbocycles. The van der Waals surface area contributed by atoms with E-state index in [0.29, 0.717) is 42.3 Å². The summed E-state index contributed by atoms with van der Waals surface area (Å²) < 4.78 is 15.9. The number of pyridine rings is 1. The third-order valence-electron chi connectivity index (χ3n) is 4.36. The molecule has 0 spiro atoms. The second-order valence-corrected chi connectivity index (χ2v) is 6.19. The Balaban J connectivity index is 1.49. The quantitative estimate of drug-likeness (QED) is 0.658.